The van der Waals surface area contributed by atoms with Gasteiger partial charge >= 0.3 is 0 Å². The first-order chi connectivity index (χ1) is 4.30. The molecule has 1 aliphatic heterocycles. The van der Waals surface area contributed by atoms with Crippen molar-refractivity contribution in [3.8, 4) is 0 Å². The second-order valence-corrected chi connectivity index (χ2v) is 3.05. The summed E-state index contributed by atoms with van der Waals surface area (Å²) in [5.41, 5.74) is 0. The molecule has 0 saturated carbocycles. The minimum atomic E-state index is 0.493. The van der Waals surface area contributed by atoms with Gasteiger partial charge < -0.3 is 4.74 Å². The van der Waals surface area contributed by atoms with Gasteiger partial charge in [-0.05, 0) is 25.7 Å². The van der Waals surface area contributed by atoms with Crippen LogP contribution in [-0.2, 0) is 4.74 Å². The van der Waals surface area contributed by atoms with E-state index in [2.05, 4.69) is 13.8 Å². The third-order valence-corrected chi connectivity index (χ3v) is 2.24. The van der Waals surface area contributed by atoms with Crippen LogP contribution in [0.4, 0.5) is 0 Å². The highest BCUT2D eigenvalue weighted by Gasteiger charge is 2.14. The topological polar surface area (TPSA) is 9.23 Å². The normalized spacial score (nSPS) is 38.0. The molecule has 2 atom stereocenters. The van der Waals surface area contributed by atoms with Crippen LogP contribution in [0.2, 0.25) is 0 Å². The van der Waals surface area contributed by atoms with Crippen LogP contribution >= 0.6 is 0 Å². The van der Waals surface area contributed by atoms with E-state index in [1.54, 1.807) is 0 Å². The fourth-order valence-corrected chi connectivity index (χ4v) is 1.24. The van der Waals surface area contributed by atoms with E-state index in [4.69, 9.17) is 4.74 Å². The first kappa shape index (κ1) is 7.07. The fraction of sp³-hybridized carbons (Fsp3) is 1.00. The van der Waals surface area contributed by atoms with Crippen molar-refractivity contribution in [1.29, 1.82) is 0 Å². The largest absolute Gasteiger partial charge is 0.378 e. The SMILES string of the molecule is C[C@@H]1CCCCO[C@@H]1C. The van der Waals surface area contributed by atoms with Gasteiger partial charge in [0.15, 0.2) is 0 Å². The molecule has 1 rings (SSSR count). The molecular weight excluding hydrogens is 112 g/mol. The van der Waals surface area contributed by atoms with Gasteiger partial charge in [0, 0.05) is 6.61 Å². The molecule has 0 unspecified atom stereocenters. The molecule has 1 heterocycles. The first-order valence-electron chi connectivity index (χ1n) is 3.92. The lowest BCUT2D eigenvalue weighted by atomic mass is 10.0. The lowest BCUT2D eigenvalue weighted by molar-refractivity contribution is 0.0442. The third-order valence-electron chi connectivity index (χ3n) is 2.24. The molecule has 0 bridgehead atoms. The summed E-state index contributed by atoms with van der Waals surface area (Å²) in [6.45, 7) is 5.43. The van der Waals surface area contributed by atoms with Crippen LogP contribution < -0.4 is 0 Å². The van der Waals surface area contributed by atoms with Gasteiger partial charge in [-0.2, -0.15) is 0 Å². The number of hydrogen-bond acceptors (Lipinski definition) is 1. The van der Waals surface area contributed by atoms with Crippen molar-refractivity contribution >= 4 is 0 Å². The minimum Gasteiger partial charge on any atom is -0.378 e. The van der Waals surface area contributed by atoms with E-state index in [-0.39, 0.29) is 0 Å². The van der Waals surface area contributed by atoms with Crippen LogP contribution in [0, 0.1) is 5.92 Å². The highest BCUT2D eigenvalue weighted by molar-refractivity contribution is 4.64. The Morgan fingerprint density at radius 1 is 1.22 bits per heavy atom. The van der Waals surface area contributed by atoms with E-state index in [1.165, 1.54) is 19.3 Å². The average Bonchev–Trinajstić information content (AvgIpc) is 1.99. The van der Waals surface area contributed by atoms with Gasteiger partial charge in [-0.25, -0.2) is 0 Å². The van der Waals surface area contributed by atoms with Crippen LogP contribution in [0.15, 0.2) is 0 Å². The fourth-order valence-electron chi connectivity index (χ4n) is 1.24. The summed E-state index contributed by atoms with van der Waals surface area (Å²) < 4.78 is 5.52. The molecule has 0 spiro atoms. The van der Waals surface area contributed by atoms with E-state index in [1.807, 2.05) is 0 Å². The second-order valence-electron chi connectivity index (χ2n) is 3.05. The maximum atomic E-state index is 5.52. The highest BCUT2D eigenvalue weighted by Crippen LogP contribution is 2.18. The van der Waals surface area contributed by atoms with Crippen LogP contribution in [-0.4, -0.2) is 12.7 Å². The van der Waals surface area contributed by atoms with Crippen molar-refractivity contribution < 1.29 is 4.74 Å². The maximum Gasteiger partial charge on any atom is 0.0572 e. The lowest BCUT2D eigenvalue weighted by Gasteiger charge is -2.15. The van der Waals surface area contributed by atoms with E-state index in [0.717, 1.165) is 12.5 Å². The predicted octanol–water partition coefficient (Wildman–Crippen LogP) is 2.21. The van der Waals surface area contributed by atoms with Crippen LogP contribution in [0.3, 0.4) is 0 Å². The zero-order valence-corrected chi connectivity index (χ0v) is 6.39. The molecule has 1 aliphatic rings. The number of hydrogen-bond donors (Lipinski definition) is 0. The molecule has 0 radical (unpaired) electrons. The summed E-state index contributed by atoms with van der Waals surface area (Å²) in [6, 6.07) is 0. The zero-order valence-electron chi connectivity index (χ0n) is 6.39. The van der Waals surface area contributed by atoms with Gasteiger partial charge in [0.1, 0.15) is 0 Å². The summed E-state index contributed by atoms with van der Waals surface area (Å²) in [7, 11) is 0. The molecule has 1 fully saturated rings. The second kappa shape index (κ2) is 3.21. The molecule has 0 aromatic carbocycles. The molecule has 1 nitrogen and oxygen atoms in total. The third kappa shape index (κ3) is 1.98. The van der Waals surface area contributed by atoms with E-state index < -0.39 is 0 Å². The molecule has 0 N–H and O–H groups in total. The van der Waals surface area contributed by atoms with Crippen LogP contribution in [0.5, 0.6) is 0 Å². The van der Waals surface area contributed by atoms with Crippen molar-refractivity contribution in [3.63, 3.8) is 0 Å². The summed E-state index contributed by atoms with van der Waals surface area (Å²) in [5.74, 6) is 0.771. The monoisotopic (exact) mass is 128 g/mol. The Hall–Kier alpha value is -0.0400. The van der Waals surface area contributed by atoms with E-state index >= 15 is 0 Å². The van der Waals surface area contributed by atoms with Crippen LogP contribution in [0.1, 0.15) is 33.1 Å². The molecule has 0 aromatic heterocycles. The zero-order chi connectivity index (χ0) is 6.69. The number of rotatable bonds is 0. The summed E-state index contributed by atoms with van der Waals surface area (Å²) in [5, 5.41) is 0. The van der Waals surface area contributed by atoms with Crippen molar-refractivity contribution in [3.05, 3.63) is 0 Å². The van der Waals surface area contributed by atoms with Gasteiger partial charge in [0.25, 0.3) is 0 Å². The molecule has 54 valence electrons. The van der Waals surface area contributed by atoms with Gasteiger partial charge in [-0.1, -0.05) is 13.3 Å². The maximum absolute atomic E-state index is 5.52. The lowest BCUT2D eigenvalue weighted by Crippen LogP contribution is -2.15. The van der Waals surface area contributed by atoms with Crippen LogP contribution in [0.25, 0.3) is 0 Å². The Morgan fingerprint density at radius 3 is 2.78 bits per heavy atom. The van der Waals surface area contributed by atoms with Gasteiger partial charge in [0.2, 0.25) is 0 Å². The Balaban J connectivity index is 2.32. The summed E-state index contributed by atoms with van der Waals surface area (Å²) >= 11 is 0. The van der Waals surface area contributed by atoms with Crippen molar-refractivity contribution in [2.75, 3.05) is 6.61 Å². The molecule has 0 aliphatic carbocycles. The predicted molar refractivity (Wildman–Crippen MR) is 38.4 cm³/mol. The highest BCUT2D eigenvalue weighted by atomic mass is 16.5. The average molecular weight is 128 g/mol. The smallest absolute Gasteiger partial charge is 0.0572 e. The molecule has 0 amide bonds. The Labute approximate surface area is 57.4 Å². The molecule has 9 heavy (non-hydrogen) atoms. The van der Waals surface area contributed by atoms with Crippen molar-refractivity contribution in [2.45, 2.75) is 39.2 Å². The van der Waals surface area contributed by atoms with Gasteiger partial charge in [-0.3, -0.25) is 0 Å². The standard InChI is InChI=1S/C8H16O/c1-7-5-3-4-6-9-8(7)2/h7-8H,3-6H2,1-2H3/t7-,8-/m1/s1. The Morgan fingerprint density at radius 2 is 2.00 bits per heavy atom. The van der Waals surface area contributed by atoms with E-state index in [0.29, 0.717) is 6.10 Å². The summed E-state index contributed by atoms with van der Waals surface area (Å²) in [4.78, 5) is 0. The van der Waals surface area contributed by atoms with E-state index in [9.17, 15) is 0 Å². The molecule has 0 aromatic rings. The van der Waals surface area contributed by atoms with Crippen molar-refractivity contribution in [2.24, 2.45) is 5.92 Å². The molecular formula is C8H16O. The first-order valence-corrected chi connectivity index (χ1v) is 3.92. The minimum absolute atomic E-state index is 0.493. The van der Waals surface area contributed by atoms with Crippen molar-refractivity contribution in [1.82, 2.24) is 0 Å². The van der Waals surface area contributed by atoms with Gasteiger partial charge in [0.05, 0.1) is 6.10 Å². The Kier molecular flexibility index (Phi) is 2.52. The Bertz CT molecular complexity index is 70.6. The quantitative estimate of drug-likeness (QED) is 0.486. The molecule has 1 saturated heterocycles. The number of ether oxygens (including phenoxy) is 1. The molecule has 1 heteroatoms. The summed E-state index contributed by atoms with van der Waals surface area (Å²) in [6.07, 6.45) is 4.45. The van der Waals surface area contributed by atoms with Gasteiger partial charge in [-0.15, -0.1) is 0 Å².